The molecule has 0 atom stereocenters. The highest BCUT2D eigenvalue weighted by molar-refractivity contribution is 5.32. The fourth-order valence-electron chi connectivity index (χ4n) is 2.07. The third-order valence-electron chi connectivity index (χ3n) is 2.95. The van der Waals surface area contributed by atoms with E-state index in [1.54, 1.807) is 0 Å². The first kappa shape index (κ1) is 11.8. The van der Waals surface area contributed by atoms with E-state index in [0.717, 1.165) is 24.8 Å². The summed E-state index contributed by atoms with van der Waals surface area (Å²) in [5, 5.41) is 0. The molecule has 17 heavy (non-hydrogen) atoms. The third-order valence-corrected chi connectivity index (χ3v) is 2.95. The molecule has 1 heteroatoms. The molecule has 0 nitrogen and oxygen atoms in total. The fraction of sp³-hybridized carbons (Fsp3) is 0.250. The van der Waals surface area contributed by atoms with Gasteiger partial charge in [0.05, 0.1) is 0 Å². The molecular weight excluding hydrogens is 211 g/mol. The summed E-state index contributed by atoms with van der Waals surface area (Å²) in [6.45, 7) is 2.19. The maximum Gasteiger partial charge on any atom is 0.123 e. The zero-order chi connectivity index (χ0) is 12.1. The third kappa shape index (κ3) is 3.16. The summed E-state index contributed by atoms with van der Waals surface area (Å²) in [6, 6.07) is 15.3. The van der Waals surface area contributed by atoms with Gasteiger partial charge in [-0.15, -0.1) is 0 Å². The van der Waals surface area contributed by atoms with E-state index in [4.69, 9.17) is 0 Å². The molecule has 0 aliphatic rings. The summed E-state index contributed by atoms with van der Waals surface area (Å²) >= 11 is 0. The van der Waals surface area contributed by atoms with Gasteiger partial charge in [0.25, 0.3) is 0 Å². The number of halogens is 1. The van der Waals surface area contributed by atoms with Crippen LogP contribution in [0, 0.1) is 5.82 Å². The lowest BCUT2D eigenvalue weighted by atomic mass is 9.97. The van der Waals surface area contributed by atoms with Crippen LogP contribution in [0.1, 0.15) is 30.0 Å². The first-order valence-electron chi connectivity index (χ1n) is 6.11. The summed E-state index contributed by atoms with van der Waals surface area (Å²) in [5.41, 5.74) is 3.91. The highest BCUT2D eigenvalue weighted by atomic mass is 19.1. The topological polar surface area (TPSA) is 0 Å². The Morgan fingerprint density at radius 2 is 1.53 bits per heavy atom. The van der Waals surface area contributed by atoms with Crippen molar-refractivity contribution in [2.24, 2.45) is 0 Å². The van der Waals surface area contributed by atoms with E-state index < -0.39 is 0 Å². The van der Waals surface area contributed by atoms with Crippen LogP contribution in [-0.2, 0) is 12.8 Å². The van der Waals surface area contributed by atoms with Crippen molar-refractivity contribution >= 4 is 0 Å². The zero-order valence-corrected chi connectivity index (χ0v) is 10.1. The van der Waals surface area contributed by atoms with Gasteiger partial charge in [-0.05, 0) is 41.7 Å². The van der Waals surface area contributed by atoms with Crippen LogP contribution in [0.25, 0.3) is 0 Å². The summed E-state index contributed by atoms with van der Waals surface area (Å²) in [5.74, 6) is -0.171. The zero-order valence-electron chi connectivity index (χ0n) is 10.1. The molecule has 0 spiro atoms. The maximum atomic E-state index is 12.8. The summed E-state index contributed by atoms with van der Waals surface area (Å²) < 4.78 is 12.8. The van der Waals surface area contributed by atoms with Crippen LogP contribution in [0.15, 0.2) is 48.5 Å². The Morgan fingerprint density at radius 3 is 2.18 bits per heavy atom. The Morgan fingerprint density at radius 1 is 0.882 bits per heavy atom. The van der Waals surface area contributed by atoms with Crippen LogP contribution in [0.2, 0.25) is 0 Å². The number of hydrogen-bond acceptors (Lipinski definition) is 0. The van der Waals surface area contributed by atoms with E-state index in [1.165, 1.54) is 23.3 Å². The van der Waals surface area contributed by atoms with Crippen molar-refractivity contribution in [3.05, 3.63) is 71.0 Å². The second-order valence-electron chi connectivity index (χ2n) is 4.32. The molecule has 2 aromatic rings. The van der Waals surface area contributed by atoms with Gasteiger partial charge in [-0.2, -0.15) is 0 Å². The lowest BCUT2D eigenvalue weighted by Crippen LogP contribution is -1.95. The highest BCUT2D eigenvalue weighted by Gasteiger charge is 2.02. The summed E-state index contributed by atoms with van der Waals surface area (Å²) in [4.78, 5) is 0. The molecule has 2 rings (SSSR count). The Kier molecular flexibility index (Phi) is 3.92. The van der Waals surface area contributed by atoms with Gasteiger partial charge in [0.15, 0.2) is 0 Å². The van der Waals surface area contributed by atoms with Gasteiger partial charge in [-0.1, -0.05) is 49.7 Å². The number of hydrogen-bond donors (Lipinski definition) is 0. The minimum atomic E-state index is -0.171. The molecule has 88 valence electrons. The van der Waals surface area contributed by atoms with E-state index >= 15 is 0 Å². The predicted molar refractivity (Wildman–Crippen MR) is 69.6 cm³/mol. The minimum Gasteiger partial charge on any atom is -0.207 e. The van der Waals surface area contributed by atoms with E-state index in [0.29, 0.717) is 0 Å². The molecule has 0 saturated heterocycles. The van der Waals surface area contributed by atoms with Crippen LogP contribution in [0.3, 0.4) is 0 Å². The summed E-state index contributed by atoms with van der Waals surface area (Å²) in [7, 11) is 0. The minimum absolute atomic E-state index is 0.171. The highest BCUT2D eigenvalue weighted by Crippen LogP contribution is 2.16. The quantitative estimate of drug-likeness (QED) is 0.729. The maximum absolute atomic E-state index is 12.8. The first-order valence-corrected chi connectivity index (χ1v) is 6.11. The molecule has 0 aliphatic heterocycles. The first-order chi connectivity index (χ1) is 8.29. The van der Waals surface area contributed by atoms with Gasteiger partial charge in [0, 0.05) is 0 Å². The van der Waals surface area contributed by atoms with E-state index in [9.17, 15) is 4.39 Å². The van der Waals surface area contributed by atoms with E-state index in [1.807, 2.05) is 12.1 Å². The molecule has 0 radical (unpaired) electrons. The second kappa shape index (κ2) is 5.62. The van der Waals surface area contributed by atoms with Gasteiger partial charge in [-0.25, -0.2) is 4.39 Å². The van der Waals surface area contributed by atoms with Crippen molar-refractivity contribution < 1.29 is 4.39 Å². The molecule has 0 N–H and O–H groups in total. The lowest BCUT2D eigenvalue weighted by molar-refractivity contribution is 0.627. The molecular formula is C16H17F. The molecule has 0 amide bonds. The van der Waals surface area contributed by atoms with Crippen LogP contribution >= 0.6 is 0 Å². The van der Waals surface area contributed by atoms with Gasteiger partial charge in [0.2, 0.25) is 0 Å². The molecule has 0 unspecified atom stereocenters. The smallest absolute Gasteiger partial charge is 0.123 e. The molecule has 0 bridgehead atoms. The molecule has 0 aromatic heterocycles. The van der Waals surface area contributed by atoms with Crippen molar-refractivity contribution in [3.63, 3.8) is 0 Å². The van der Waals surface area contributed by atoms with Gasteiger partial charge < -0.3 is 0 Å². The average Bonchev–Trinajstić information content (AvgIpc) is 2.35. The monoisotopic (exact) mass is 228 g/mol. The molecule has 0 fully saturated rings. The van der Waals surface area contributed by atoms with Gasteiger partial charge in [-0.3, -0.25) is 0 Å². The van der Waals surface area contributed by atoms with Crippen LogP contribution in [0.4, 0.5) is 4.39 Å². The Labute approximate surface area is 102 Å². The summed E-state index contributed by atoms with van der Waals surface area (Å²) in [6.07, 6.45) is 3.15. The Bertz CT molecular complexity index is 471. The lowest BCUT2D eigenvalue weighted by Gasteiger charge is -2.08. The van der Waals surface area contributed by atoms with E-state index in [2.05, 4.69) is 31.2 Å². The number of aryl methyl sites for hydroxylation is 1. The van der Waals surface area contributed by atoms with Crippen molar-refractivity contribution in [2.75, 3.05) is 0 Å². The normalized spacial score (nSPS) is 10.5. The number of rotatable bonds is 4. The predicted octanol–water partition coefficient (Wildman–Crippen LogP) is 4.37. The standard InChI is InChI=1S/C16H17F/c1-2-5-14-6-3-4-7-15(14)12-13-8-10-16(17)11-9-13/h3-4,6-11H,2,5,12H2,1H3. The van der Waals surface area contributed by atoms with Crippen molar-refractivity contribution in [3.8, 4) is 0 Å². The second-order valence-corrected chi connectivity index (χ2v) is 4.32. The SMILES string of the molecule is CCCc1ccccc1Cc1ccc(F)cc1. The molecule has 0 heterocycles. The Balaban J connectivity index is 2.20. The van der Waals surface area contributed by atoms with Gasteiger partial charge in [0.1, 0.15) is 5.82 Å². The average molecular weight is 228 g/mol. The largest absolute Gasteiger partial charge is 0.207 e. The molecule has 0 aliphatic carbocycles. The fourth-order valence-corrected chi connectivity index (χ4v) is 2.07. The van der Waals surface area contributed by atoms with Crippen LogP contribution in [0.5, 0.6) is 0 Å². The van der Waals surface area contributed by atoms with Crippen molar-refractivity contribution in [2.45, 2.75) is 26.2 Å². The van der Waals surface area contributed by atoms with Crippen LogP contribution in [-0.4, -0.2) is 0 Å². The van der Waals surface area contributed by atoms with E-state index in [-0.39, 0.29) is 5.82 Å². The molecule has 2 aromatic carbocycles. The number of benzene rings is 2. The van der Waals surface area contributed by atoms with Gasteiger partial charge >= 0.3 is 0 Å². The Hall–Kier alpha value is -1.63. The van der Waals surface area contributed by atoms with Crippen molar-refractivity contribution in [1.29, 1.82) is 0 Å². The van der Waals surface area contributed by atoms with Crippen LogP contribution < -0.4 is 0 Å². The molecule has 0 saturated carbocycles. The van der Waals surface area contributed by atoms with Crippen molar-refractivity contribution in [1.82, 2.24) is 0 Å².